The Morgan fingerprint density at radius 3 is 2.11 bits per heavy atom. The summed E-state index contributed by atoms with van der Waals surface area (Å²) in [4.78, 5) is 26.5. The van der Waals surface area contributed by atoms with Crippen LogP contribution in [0.5, 0.6) is 0 Å². The van der Waals surface area contributed by atoms with Crippen molar-refractivity contribution < 1.29 is 9.59 Å². The van der Waals surface area contributed by atoms with Gasteiger partial charge in [0.25, 0.3) is 0 Å². The topological polar surface area (TPSA) is 49.4 Å². The van der Waals surface area contributed by atoms with Crippen LogP contribution in [0.25, 0.3) is 0 Å². The number of rotatable bonds is 5. The predicted octanol–water partition coefficient (Wildman–Crippen LogP) is 1.98. The molecule has 1 aliphatic heterocycles. The fourth-order valence-corrected chi connectivity index (χ4v) is 2.42. The van der Waals surface area contributed by atoms with Gasteiger partial charge >= 0.3 is 0 Å². The van der Waals surface area contributed by atoms with E-state index in [1.165, 1.54) is 0 Å². The monoisotopic (exact) mass is 268 g/mol. The van der Waals surface area contributed by atoms with Gasteiger partial charge in [0.1, 0.15) is 0 Å². The van der Waals surface area contributed by atoms with Crippen molar-refractivity contribution in [3.05, 3.63) is 0 Å². The van der Waals surface area contributed by atoms with Gasteiger partial charge in [-0.1, -0.05) is 34.6 Å². The number of carbonyl (C=O) groups excluding carboxylic acids is 2. The van der Waals surface area contributed by atoms with Crippen molar-refractivity contribution in [1.29, 1.82) is 0 Å². The average molecular weight is 268 g/mol. The Morgan fingerprint density at radius 2 is 1.68 bits per heavy atom. The fraction of sp³-hybridized carbons (Fsp3) is 0.867. The van der Waals surface area contributed by atoms with E-state index in [1.54, 1.807) is 0 Å². The summed E-state index contributed by atoms with van der Waals surface area (Å²) in [5.74, 6) is 0.224. The SMILES string of the molecule is CC(C)NC(CC(=O)N1CCCC1)C(=O)C(C)(C)C. The van der Waals surface area contributed by atoms with Gasteiger partial charge in [0.2, 0.25) is 5.91 Å². The van der Waals surface area contributed by atoms with Crippen molar-refractivity contribution in [3.8, 4) is 0 Å². The highest BCUT2D eigenvalue weighted by molar-refractivity contribution is 5.93. The molecule has 0 spiro atoms. The summed E-state index contributed by atoms with van der Waals surface area (Å²) in [7, 11) is 0. The minimum absolute atomic E-state index is 0.105. The van der Waals surface area contributed by atoms with Crippen molar-refractivity contribution in [3.63, 3.8) is 0 Å². The van der Waals surface area contributed by atoms with Crippen LogP contribution in [-0.4, -0.2) is 41.8 Å². The van der Waals surface area contributed by atoms with E-state index in [-0.39, 0.29) is 30.2 Å². The molecule has 1 N–H and O–H groups in total. The quantitative estimate of drug-likeness (QED) is 0.829. The third-order valence-corrected chi connectivity index (χ3v) is 3.43. The molecule has 1 fully saturated rings. The summed E-state index contributed by atoms with van der Waals surface area (Å²) in [6, 6.07) is -0.171. The third kappa shape index (κ3) is 4.94. The summed E-state index contributed by atoms with van der Waals surface area (Å²) in [5, 5.41) is 3.24. The number of hydrogen-bond donors (Lipinski definition) is 1. The zero-order valence-corrected chi connectivity index (χ0v) is 13.0. The van der Waals surface area contributed by atoms with E-state index in [4.69, 9.17) is 0 Å². The van der Waals surface area contributed by atoms with Crippen LogP contribution in [0.4, 0.5) is 0 Å². The molecular weight excluding hydrogens is 240 g/mol. The molecule has 0 bridgehead atoms. The lowest BCUT2D eigenvalue weighted by atomic mass is 9.85. The van der Waals surface area contributed by atoms with E-state index in [9.17, 15) is 9.59 Å². The third-order valence-electron chi connectivity index (χ3n) is 3.43. The second-order valence-electron chi connectivity index (χ2n) is 6.78. The molecule has 1 atom stereocenters. The van der Waals surface area contributed by atoms with Crippen LogP contribution in [-0.2, 0) is 9.59 Å². The molecule has 0 aromatic heterocycles. The maximum absolute atomic E-state index is 12.4. The number of likely N-dealkylation sites (tertiary alicyclic amines) is 1. The van der Waals surface area contributed by atoms with Crippen LogP contribution < -0.4 is 5.32 Å². The molecule has 1 amide bonds. The normalized spacial score (nSPS) is 17.9. The fourth-order valence-electron chi connectivity index (χ4n) is 2.42. The summed E-state index contributed by atoms with van der Waals surface area (Å²) >= 11 is 0. The van der Waals surface area contributed by atoms with Gasteiger partial charge in [0.05, 0.1) is 6.04 Å². The maximum atomic E-state index is 12.4. The number of amides is 1. The van der Waals surface area contributed by atoms with Crippen LogP contribution in [0.2, 0.25) is 0 Å². The van der Waals surface area contributed by atoms with Crippen LogP contribution in [0.1, 0.15) is 53.9 Å². The second kappa shape index (κ2) is 6.51. The lowest BCUT2D eigenvalue weighted by Gasteiger charge is -2.28. The summed E-state index contributed by atoms with van der Waals surface area (Å²) < 4.78 is 0. The molecule has 1 aliphatic rings. The van der Waals surface area contributed by atoms with Crippen molar-refractivity contribution >= 4 is 11.7 Å². The molecule has 110 valence electrons. The smallest absolute Gasteiger partial charge is 0.224 e. The van der Waals surface area contributed by atoms with Crippen LogP contribution in [0.15, 0.2) is 0 Å². The van der Waals surface area contributed by atoms with Gasteiger partial charge in [0, 0.05) is 31.0 Å². The molecule has 1 saturated heterocycles. The summed E-state index contributed by atoms with van der Waals surface area (Å²) in [6.07, 6.45) is 2.46. The van der Waals surface area contributed by atoms with E-state index in [2.05, 4.69) is 5.32 Å². The number of carbonyl (C=O) groups is 2. The molecule has 19 heavy (non-hydrogen) atoms. The van der Waals surface area contributed by atoms with E-state index in [1.807, 2.05) is 39.5 Å². The number of Topliss-reactive ketones (excluding diaryl/α,β-unsaturated/α-hetero) is 1. The number of ketones is 1. The van der Waals surface area contributed by atoms with Crippen molar-refractivity contribution in [2.75, 3.05) is 13.1 Å². The molecule has 0 saturated carbocycles. The molecule has 1 rings (SSSR count). The number of nitrogens with one attached hydrogen (secondary N) is 1. The van der Waals surface area contributed by atoms with Gasteiger partial charge in [-0.3, -0.25) is 9.59 Å². The van der Waals surface area contributed by atoms with Crippen molar-refractivity contribution in [1.82, 2.24) is 10.2 Å². The first kappa shape index (κ1) is 16.2. The molecule has 0 radical (unpaired) electrons. The first-order chi connectivity index (χ1) is 8.71. The summed E-state index contributed by atoms with van der Waals surface area (Å²) in [6.45, 7) is 11.4. The summed E-state index contributed by atoms with van der Waals surface area (Å²) in [5.41, 5.74) is -0.419. The van der Waals surface area contributed by atoms with Gasteiger partial charge < -0.3 is 10.2 Å². The van der Waals surface area contributed by atoms with Gasteiger partial charge in [0.15, 0.2) is 5.78 Å². The van der Waals surface area contributed by atoms with E-state index < -0.39 is 5.41 Å². The van der Waals surface area contributed by atoms with Gasteiger partial charge in [-0.2, -0.15) is 0 Å². The van der Waals surface area contributed by atoms with E-state index in [0.29, 0.717) is 0 Å². The molecular formula is C15H28N2O2. The largest absolute Gasteiger partial charge is 0.343 e. The Hall–Kier alpha value is -0.900. The average Bonchev–Trinajstić information content (AvgIpc) is 2.78. The van der Waals surface area contributed by atoms with Crippen molar-refractivity contribution in [2.45, 2.75) is 66.0 Å². The van der Waals surface area contributed by atoms with Crippen LogP contribution in [0.3, 0.4) is 0 Å². The molecule has 1 heterocycles. The second-order valence-corrected chi connectivity index (χ2v) is 6.78. The van der Waals surface area contributed by atoms with E-state index in [0.717, 1.165) is 25.9 Å². The van der Waals surface area contributed by atoms with Crippen molar-refractivity contribution in [2.24, 2.45) is 5.41 Å². The number of hydrogen-bond acceptors (Lipinski definition) is 3. The highest BCUT2D eigenvalue weighted by atomic mass is 16.2. The van der Waals surface area contributed by atoms with E-state index >= 15 is 0 Å². The van der Waals surface area contributed by atoms with Gasteiger partial charge in [-0.15, -0.1) is 0 Å². The lowest BCUT2D eigenvalue weighted by molar-refractivity contribution is -0.136. The molecule has 0 aromatic rings. The Morgan fingerprint density at radius 1 is 1.16 bits per heavy atom. The first-order valence-electron chi connectivity index (χ1n) is 7.30. The molecule has 1 unspecified atom stereocenters. The molecule has 0 aromatic carbocycles. The van der Waals surface area contributed by atoms with Gasteiger partial charge in [-0.05, 0) is 12.8 Å². The lowest BCUT2D eigenvalue weighted by Crippen LogP contribution is -2.48. The molecule has 4 heteroatoms. The molecule has 4 nitrogen and oxygen atoms in total. The maximum Gasteiger partial charge on any atom is 0.224 e. The number of nitrogens with zero attached hydrogens (tertiary/aromatic N) is 1. The van der Waals surface area contributed by atoms with Gasteiger partial charge in [-0.25, -0.2) is 0 Å². The Kier molecular flexibility index (Phi) is 5.53. The zero-order chi connectivity index (χ0) is 14.6. The highest BCUT2D eigenvalue weighted by Crippen LogP contribution is 2.20. The minimum atomic E-state index is -0.419. The Balaban J connectivity index is 2.68. The van der Waals surface area contributed by atoms with Crippen LogP contribution in [0, 0.1) is 5.41 Å². The Labute approximate surface area is 116 Å². The zero-order valence-electron chi connectivity index (χ0n) is 13.0. The molecule has 0 aliphatic carbocycles. The predicted molar refractivity (Wildman–Crippen MR) is 77.0 cm³/mol. The highest BCUT2D eigenvalue weighted by Gasteiger charge is 2.32. The van der Waals surface area contributed by atoms with Crippen LogP contribution >= 0.6 is 0 Å². The first-order valence-corrected chi connectivity index (χ1v) is 7.30. The Bertz CT molecular complexity index is 326. The standard InChI is InChI=1S/C15H28N2O2/c1-11(2)16-12(14(19)15(3,4)5)10-13(18)17-8-6-7-9-17/h11-12,16H,6-10H2,1-5H3. The minimum Gasteiger partial charge on any atom is -0.343 e.